The summed E-state index contributed by atoms with van der Waals surface area (Å²) < 4.78 is 7.18. The molecule has 7 nitrogen and oxygen atoms in total. The molecule has 29 heavy (non-hydrogen) atoms. The van der Waals surface area contributed by atoms with Crippen LogP contribution in [0.5, 0.6) is 0 Å². The molecular weight excluding hydrogens is 410 g/mol. The highest BCUT2D eigenvalue weighted by Gasteiger charge is 2.45. The Bertz CT molecular complexity index is 680. The lowest BCUT2D eigenvalue weighted by molar-refractivity contribution is -0.162. The molecule has 0 aliphatic heterocycles. The van der Waals surface area contributed by atoms with Crippen molar-refractivity contribution in [1.82, 2.24) is 9.88 Å². The fraction of sp³-hybridized carbons (Fsp3) is 0.750. The van der Waals surface area contributed by atoms with Gasteiger partial charge < -0.3 is 9.84 Å². The second kappa shape index (κ2) is 10.6. The van der Waals surface area contributed by atoms with E-state index in [2.05, 4.69) is 10.3 Å². The quantitative estimate of drug-likeness (QED) is 0.405. The highest BCUT2D eigenvalue weighted by molar-refractivity contribution is 8.01. The number of aliphatic carboxylic acids is 1. The van der Waals surface area contributed by atoms with Gasteiger partial charge in [-0.15, -0.1) is 11.8 Å². The Morgan fingerprint density at radius 3 is 2.69 bits per heavy atom. The van der Waals surface area contributed by atoms with Crippen LogP contribution in [0.25, 0.3) is 0 Å². The number of carbonyl (C=O) groups is 2. The monoisotopic (exact) mass is 441 g/mol. The summed E-state index contributed by atoms with van der Waals surface area (Å²) in [4.78, 5) is 30.4. The summed E-state index contributed by atoms with van der Waals surface area (Å²) in [5.41, 5.74) is -0.511. The standard InChI is InChI=1S/C20H31N3O4S2/c1-2-27-20(11-6-3-7-12-20)23(15-8-4-5-9-15)19(26)22-18-21-14-17(29-18)28-13-10-16(24)25/h14-15H,2-13H2,1H3,(H,24,25)(H,21,22,26). The van der Waals surface area contributed by atoms with Crippen LogP contribution in [0, 0.1) is 0 Å². The molecule has 0 bridgehead atoms. The van der Waals surface area contributed by atoms with Crippen molar-refractivity contribution in [2.45, 2.75) is 87.1 Å². The van der Waals surface area contributed by atoms with Crippen LogP contribution in [0.15, 0.2) is 10.4 Å². The maximum atomic E-state index is 13.4. The highest BCUT2D eigenvalue weighted by Crippen LogP contribution is 2.40. The van der Waals surface area contributed by atoms with Gasteiger partial charge in [-0.25, -0.2) is 9.78 Å². The smallest absolute Gasteiger partial charge is 0.326 e. The second-order valence-corrected chi connectivity index (χ2v) is 10.1. The molecule has 3 rings (SSSR count). The third kappa shape index (κ3) is 5.86. The minimum Gasteiger partial charge on any atom is -0.481 e. The van der Waals surface area contributed by atoms with Crippen LogP contribution in [0.2, 0.25) is 0 Å². The zero-order chi connectivity index (χ0) is 20.7. The molecule has 162 valence electrons. The third-order valence-corrected chi connectivity index (χ3v) is 7.76. The molecule has 2 aliphatic carbocycles. The topological polar surface area (TPSA) is 91.8 Å². The predicted molar refractivity (Wildman–Crippen MR) is 116 cm³/mol. The summed E-state index contributed by atoms with van der Waals surface area (Å²) in [6, 6.07) is 0.0905. The molecule has 0 unspecified atom stereocenters. The Labute approximate surface area is 180 Å². The Hall–Kier alpha value is -1.32. The molecule has 2 fully saturated rings. The number of hydrogen-bond acceptors (Lipinski definition) is 6. The number of amides is 2. The Morgan fingerprint density at radius 1 is 1.31 bits per heavy atom. The van der Waals surface area contributed by atoms with E-state index in [0.29, 0.717) is 17.5 Å². The summed E-state index contributed by atoms with van der Waals surface area (Å²) in [6.45, 7) is 2.60. The van der Waals surface area contributed by atoms with Gasteiger partial charge in [0.15, 0.2) is 5.13 Å². The highest BCUT2D eigenvalue weighted by atomic mass is 32.2. The molecule has 0 saturated heterocycles. The largest absolute Gasteiger partial charge is 0.481 e. The van der Waals surface area contributed by atoms with Gasteiger partial charge in [0.25, 0.3) is 0 Å². The summed E-state index contributed by atoms with van der Waals surface area (Å²) in [5, 5.41) is 12.3. The van der Waals surface area contributed by atoms with Gasteiger partial charge >= 0.3 is 12.0 Å². The van der Waals surface area contributed by atoms with Gasteiger partial charge in [0.1, 0.15) is 5.72 Å². The molecule has 2 N–H and O–H groups in total. The van der Waals surface area contributed by atoms with E-state index in [1.54, 1.807) is 6.20 Å². The molecule has 0 atom stereocenters. The molecule has 0 aromatic carbocycles. The Balaban J connectivity index is 1.71. The number of carboxylic acid groups (broad SMARTS) is 1. The van der Waals surface area contributed by atoms with Gasteiger partial charge in [0, 0.05) is 18.4 Å². The number of thiazole rings is 1. The average molecular weight is 442 g/mol. The van der Waals surface area contributed by atoms with Crippen molar-refractivity contribution in [1.29, 1.82) is 0 Å². The Morgan fingerprint density at radius 2 is 2.03 bits per heavy atom. The maximum Gasteiger partial charge on any atom is 0.326 e. The SMILES string of the molecule is CCOC1(N(C(=O)Nc2ncc(SCCC(=O)O)s2)C2CCCC2)CCCCC1. The lowest BCUT2D eigenvalue weighted by Crippen LogP contribution is -2.59. The number of thioether (sulfide) groups is 1. The molecule has 1 heterocycles. The van der Waals surface area contributed by atoms with Crippen LogP contribution < -0.4 is 5.32 Å². The number of carboxylic acids is 1. The summed E-state index contributed by atoms with van der Waals surface area (Å²) in [6.07, 6.45) is 11.3. The van der Waals surface area contributed by atoms with Crippen molar-refractivity contribution in [3.8, 4) is 0 Å². The summed E-state index contributed by atoms with van der Waals surface area (Å²) in [5.74, 6) is -0.316. The van der Waals surface area contributed by atoms with E-state index in [0.717, 1.165) is 55.6 Å². The molecule has 0 radical (unpaired) electrons. The van der Waals surface area contributed by atoms with E-state index in [-0.39, 0.29) is 18.5 Å². The lowest BCUT2D eigenvalue weighted by Gasteiger charge is -2.48. The van der Waals surface area contributed by atoms with Gasteiger partial charge in [-0.05, 0) is 45.4 Å². The molecule has 1 aromatic heterocycles. The van der Waals surface area contributed by atoms with Gasteiger partial charge in [-0.2, -0.15) is 0 Å². The fourth-order valence-corrected chi connectivity index (χ4v) is 6.32. The number of hydrogen-bond donors (Lipinski definition) is 2. The average Bonchev–Trinajstić information content (AvgIpc) is 3.35. The van der Waals surface area contributed by atoms with E-state index in [4.69, 9.17) is 9.84 Å². The van der Waals surface area contributed by atoms with Crippen LogP contribution in [0.3, 0.4) is 0 Å². The van der Waals surface area contributed by atoms with E-state index in [1.807, 2.05) is 11.8 Å². The van der Waals surface area contributed by atoms with Crippen molar-refractivity contribution >= 4 is 40.2 Å². The first kappa shape index (κ1) is 22.4. The van der Waals surface area contributed by atoms with Crippen LogP contribution in [-0.2, 0) is 9.53 Å². The first-order valence-corrected chi connectivity index (χ1v) is 12.4. The molecule has 9 heteroatoms. The lowest BCUT2D eigenvalue weighted by atomic mass is 9.89. The van der Waals surface area contributed by atoms with Crippen molar-refractivity contribution in [2.24, 2.45) is 0 Å². The number of nitrogens with one attached hydrogen (secondary N) is 1. The van der Waals surface area contributed by atoms with E-state index < -0.39 is 11.7 Å². The van der Waals surface area contributed by atoms with Crippen LogP contribution in [0.1, 0.15) is 71.1 Å². The molecule has 0 spiro atoms. The minimum absolute atomic E-state index is 0.108. The molecule has 2 amide bonds. The fourth-order valence-electron chi connectivity index (χ4n) is 4.45. The van der Waals surface area contributed by atoms with Crippen LogP contribution >= 0.6 is 23.1 Å². The summed E-state index contributed by atoms with van der Waals surface area (Å²) >= 11 is 2.84. The van der Waals surface area contributed by atoms with E-state index >= 15 is 0 Å². The number of anilines is 1. The van der Waals surface area contributed by atoms with Crippen molar-refractivity contribution in [3.05, 3.63) is 6.20 Å². The first-order chi connectivity index (χ1) is 14.0. The third-order valence-electron chi connectivity index (χ3n) is 5.65. The summed E-state index contributed by atoms with van der Waals surface area (Å²) in [7, 11) is 0. The predicted octanol–water partition coefficient (Wildman–Crippen LogP) is 5.18. The number of ether oxygens (including phenoxy) is 1. The Kier molecular flexibility index (Phi) is 8.20. The normalized spacial score (nSPS) is 19.2. The van der Waals surface area contributed by atoms with Gasteiger partial charge in [-0.1, -0.05) is 30.6 Å². The molecule has 1 aromatic rings. The zero-order valence-electron chi connectivity index (χ0n) is 17.0. The van der Waals surface area contributed by atoms with Crippen LogP contribution in [0.4, 0.5) is 9.93 Å². The first-order valence-electron chi connectivity index (χ1n) is 10.6. The van der Waals surface area contributed by atoms with Crippen molar-refractivity contribution in [2.75, 3.05) is 17.7 Å². The maximum absolute atomic E-state index is 13.4. The number of urea groups is 1. The van der Waals surface area contributed by atoms with Gasteiger partial charge in [0.05, 0.1) is 16.8 Å². The van der Waals surface area contributed by atoms with Gasteiger partial charge in [0.2, 0.25) is 0 Å². The minimum atomic E-state index is -0.809. The van der Waals surface area contributed by atoms with E-state index in [9.17, 15) is 9.59 Å². The second-order valence-electron chi connectivity index (χ2n) is 7.65. The number of rotatable bonds is 9. The number of carbonyl (C=O) groups excluding carboxylic acids is 1. The number of aromatic nitrogens is 1. The number of nitrogens with zero attached hydrogens (tertiary/aromatic N) is 2. The molecule has 2 saturated carbocycles. The van der Waals surface area contributed by atoms with Crippen molar-refractivity contribution < 1.29 is 19.4 Å². The van der Waals surface area contributed by atoms with Crippen molar-refractivity contribution in [3.63, 3.8) is 0 Å². The van der Waals surface area contributed by atoms with Gasteiger partial charge in [-0.3, -0.25) is 15.0 Å². The van der Waals surface area contributed by atoms with Crippen LogP contribution in [-0.4, -0.2) is 51.1 Å². The molecular formula is C20H31N3O4S2. The van der Waals surface area contributed by atoms with E-state index in [1.165, 1.54) is 29.5 Å². The molecule has 2 aliphatic rings. The zero-order valence-corrected chi connectivity index (χ0v) is 18.7.